The zero-order chi connectivity index (χ0) is 21.1. The molecular formula is C24H20FN3O2. The number of carbonyl (C=O) groups excluding carboxylic acids is 1. The molecule has 150 valence electrons. The molecule has 4 rings (SSSR count). The van der Waals surface area contributed by atoms with Gasteiger partial charge in [-0.2, -0.15) is 5.26 Å². The molecule has 0 saturated carbocycles. The van der Waals surface area contributed by atoms with E-state index in [0.29, 0.717) is 30.0 Å². The number of nitriles is 1. The number of amides is 1. The van der Waals surface area contributed by atoms with Crippen LogP contribution in [-0.2, 0) is 13.0 Å². The molecule has 2 aromatic carbocycles. The van der Waals surface area contributed by atoms with E-state index in [-0.39, 0.29) is 24.4 Å². The van der Waals surface area contributed by atoms with Gasteiger partial charge in [0.1, 0.15) is 12.4 Å². The molecule has 1 atom stereocenters. The molecule has 6 heteroatoms. The second-order valence-electron chi connectivity index (χ2n) is 7.38. The summed E-state index contributed by atoms with van der Waals surface area (Å²) in [5, 5.41) is 8.99. The van der Waals surface area contributed by atoms with Crippen LogP contribution < -0.4 is 4.74 Å². The molecule has 3 aromatic rings. The van der Waals surface area contributed by atoms with Crippen molar-refractivity contribution in [1.82, 2.24) is 9.88 Å². The van der Waals surface area contributed by atoms with Crippen LogP contribution >= 0.6 is 0 Å². The summed E-state index contributed by atoms with van der Waals surface area (Å²) in [6.07, 6.45) is 2.21. The van der Waals surface area contributed by atoms with Gasteiger partial charge >= 0.3 is 0 Å². The van der Waals surface area contributed by atoms with Gasteiger partial charge in [0, 0.05) is 24.4 Å². The highest BCUT2D eigenvalue weighted by atomic mass is 19.1. The molecule has 0 bridgehead atoms. The van der Waals surface area contributed by atoms with Crippen molar-refractivity contribution in [3.63, 3.8) is 0 Å². The van der Waals surface area contributed by atoms with Crippen LogP contribution in [0.4, 0.5) is 4.39 Å². The first-order valence-corrected chi connectivity index (χ1v) is 9.67. The van der Waals surface area contributed by atoms with Crippen LogP contribution in [0.2, 0.25) is 0 Å². The van der Waals surface area contributed by atoms with Crippen LogP contribution in [0.3, 0.4) is 0 Å². The molecule has 5 nitrogen and oxygen atoms in total. The lowest BCUT2D eigenvalue weighted by molar-refractivity contribution is 0.0562. The molecule has 0 aliphatic carbocycles. The predicted molar refractivity (Wildman–Crippen MR) is 109 cm³/mol. The molecule has 0 radical (unpaired) electrons. The van der Waals surface area contributed by atoms with Crippen LogP contribution in [0.1, 0.15) is 32.6 Å². The quantitative estimate of drug-likeness (QED) is 0.662. The van der Waals surface area contributed by atoms with Crippen molar-refractivity contribution in [2.45, 2.75) is 25.9 Å². The minimum Gasteiger partial charge on any atom is -0.475 e. The van der Waals surface area contributed by atoms with E-state index < -0.39 is 0 Å². The highest BCUT2D eigenvalue weighted by molar-refractivity contribution is 5.94. The van der Waals surface area contributed by atoms with Gasteiger partial charge in [-0.05, 0) is 66.4 Å². The summed E-state index contributed by atoms with van der Waals surface area (Å²) in [6, 6.07) is 16.7. The van der Waals surface area contributed by atoms with E-state index in [0.717, 1.165) is 16.7 Å². The van der Waals surface area contributed by atoms with Gasteiger partial charge in [-0.1, -0.05) is 12.1 Å². The lowest BCUT2D eigenvalue weighted by Crippen LogP contribution is -2.47. The molecule has 1 aliphatic heterocycles. The number of hydrogen-bond acceptors (Lipinski definition) is 4. The number of pyridine rings is 1. The third kappa shape index (κ3) is 4.15. The first kappa shape index (κ1) is 19.6. The molecule has 0 unspecified atom stereocenters. The monoisotopic (exact) mass is 401 g/mol. The lowest BCUT2D eigenvalue weighted by atomic mass is 9.93. The normalized spacial score (nSPS) is 15.2. The second kappa shape index (κ2) is 8.34. The largest absolute Gasteiger partial charge is 0.475 e. The average Bonchev–Trinajstić information content (AvgIpc) is 2.77. The summed E-state index contributed by atoms with van der Waals surface area (Å²) < 4.78 is 19.6. The Kier molecular flexibility index (Phi) is 5.44. The molecule has 0 fully saturated rings. The maximum atomic E-state index is 13.8. The predicted octanol–water partition coefficient (Wildman–Crippen LogP) is 4.05. The third-order valence-corrected chi connectivity index (χ3v) is 5.23. The molecule has 0 saturated heterocycles. The highest BCUT2D eigenvalue weighted by Gasteiger charge is 2.31. The molecule has 1 amide bonds. The van der Waals surface area contributed by atoms with E-state index in [1.54, 1.807) is 47.5 Å². The Bertz CT molecular complexity index is 1100. The van der Waals surface area contributed by atoms with Crippen LogP contribution in [0.25, 0.3) is 0 Å². The SMILES string of the molecule is Cc1ccc(OC[C@@H]2Cc3cc(F)ccc3CN2C(=O)c2ccc(C#N)cc2)nc1. The number of hydrogen-bond donors (Lipinski definition) is 0. The number of benzene rings is 2. The minimum atomic E-state index is -0.291. The van der Waals surface area contributed by atoms with Crippen molar-refractivity contribution in [3.05, 3.63) is 94.4 Å². The zero-order valence-corrected chi connectivity index (χ0v) is 16.5. The Morgan fingerprint density at radius 2 is 2.00 bits per heavy atom. The van der Waals surface area contributed by atoms with Gasteiger partial charge < -0.3 is 9.64 Å². The van der Waals surface area contributed by atoms with Crippen LogP contribution in [0.15, 0.2) is 60.8 Å². The third-order valence-electron chi connectivity index (χ3n) is 5.23. The topological polar surface area (TPSA) is 66.2 Å². The van der Waals surface area contributed by atoms with Gasteiger partial charge in [-0.15, -0.1) is 0 Å². The summed E-state index contributed by atoms with van der Waals surface area (Å²) in [5.74, 6) is 0.0387. The van der Waals surface area contributed by atoms with E-state index in [2.05, 4.69) is 11.1 Å². The summed E-state index contributed by atoms with van der Waals surface area (Å²) >= 11 is 0. The number of carbonyl (C=O) groups is 1. The molecule has 0 spiro atoms. The van der Waals surface area contributed by atoms with E-state index in [1.807, 2.05) is 13.0 Å². The smallest absolute Gasteiger partial charge is 0.254 e. The fraction of sp³-hybridized carbons (Fsp3) is 0.208. The molecule has 1 aromatic heterocycles. The van der Waals surface area contributed by atoms with Crippen LogP contribution in [0.5, 0.6) is 5.88 Å². The zero-order valence-electron chi connectivity index (χ0n) is 16.5. The minimum absolute atomic E-state index is 0.153. The van der Waals surface area contributed by atoms with Crippen molar-refractivity contribution < 1.29 is 13.9 Å². The molecule has 30 heavy (non-hydrogen) atoms. The fourth-order valence-corrected chi connectivity index (χ4v) is 3.58. The fourth-order valence-electron chi connectivity index (χ4n) is 3.58. The van der Waals surface area contributed by atoms with Crippen molar-refractivity contribution in [2.75, 3.05) is 6.61 Å². The van der Waals surface area contributed by atoms with E-state index >= 15 is 0 Å². The number of nitrogens with zero attached hydrogens (tertiary/aromatic N) is 3. The van der Waals surface area contributed by atoms with Crippen molar-refractivity contribution in [3.8, 4) is 11.9 Å². The summed E-state index contributed by atoms with van der Waals surface area (Å²) in [5.41, 5.74) is 3.82. The van der Waals surface area contributed by atoms with Crippen LogP contribution in [-0.4, -0.2) is 28.4 Å². The number of fused-ring (bicyclic) bond motifs is 1. The van der Waals surface area contributed by atoms with Gasteiger partial charge in [0.15, 0.2) is 0 Å². The Balaban J connectivity index is 1.60. The first-order chi connectivity index (χ1) is 14.5. The van der Waals surface area contributed by atoms with E-state index in [1.165, 1.54) is 12.1 Å². The lowest BCUT2D eigenvalue weighted by Gasteiger charge is -2.36. The maximum Gasteiger partial charge on any atom is 0.254 e. The Hall–Kier alpha value is -3.72. The second-order valence-corrected chi connectivity index (χ2v) is 7.38. The Morgan fingerprint density at radius 1 is 1.20 bits per heavy atom. The molecule has 1 aliphatic rings. The number of ether oxygens (including phenoxy) is 1. The van der Waals surface area contributed by atoms with Gasteiger partial charge in [0.2, 0.25) is 5.88 Å². The van der Waals surface area contributed by atoms with Gasteiger partial charge in [-0.25, -0.2) is 9.37 Å². The average molecular weight is 401 g/mol. The number of rotatable bonds is 4. The van der Waals surface area contributed by atoms with Crippen LogP contribution in [0, 0.1) is 24.1 Å². The van der Waals surface area contributed by atoms with Crippen molar-refractivity contribution >= 4 is 5.91 Å². The maximum absolute atomic E-state index is 13.8. The highest BCUT2D eigenvalue weighted by Crippen LogP contribution is 2.26. The van der Waals surface area contributed by atoms with Gasteiger partial charge in [0.05, 0.1) is 17.7 Å². The number of aryl methyl sites for hydroxylation is 1. The Morgan fingerprint density at radius 3 is 2.70 bits per heavy atom. The molecular weight excluding hydrogens is 381 g/mol. The standard InChI is InChI=1S/C24H20FN3O2/c1-16-2-9-23(27-13-16)30-15-22-11-20-10-21(25)8-7-19(20)14-28(22)24(29)18-5-3-17(12-26)4-6-18/h2-10,13,22H,11,14-15H2,1H3/t22-/m0/s1. The summed E-state index contributed by atoms with van der Waals surface area (Å²) in [4.78, 5) is 19.2. The van der Waals surface area contributed by atoms with E-state index in [9.17, 15) is 9.18 Å². The number of halogens is 1. The molecule has 0 N–H and O–H groups in total. The van der Waals surface area contributed by atoms with Gasteiger partial charge in [0.25, 0.3) is 5.91 Å². The van der Waals surface area contributed by atoms with Crippen molar-refractivity contribution in [2.24, 2.45) is 0 Å². The molecule has 2 heterocycles. The summed E-state index contributed by atoms with van der Waals surface area (Å²) in [6.45, 7) is 2.55. The van der Waals surface area contributed by atoms with Gasteiger partial charge in [-0.3, -0.25) is 4.79 Å². The number of aromatic nitrogens is 1. The summed E-state index contributed by atoms with van der Waals surface area (Å²) in [7, 11) is 0. The van der Waals surface area contributed by atoms with E-state index in [4.69, 9.17) is 10.00 Å². The first-order valence-electron chi connectivity index (χ1n) is 9.67. The Labute approximate surface area is 174 Å². The van der Waals surface area contributed by atoms with Crippen molar-refractivity contribution in [1.29, 1.82) is 5.26 Å².